The van der Waals surface area contributed by atoms with Gasteiger partial charge in [0.15, 0.2) is 5.78 Å². The van der Waals surface area contributed by atoms with Crippen molar-refractivity contribution in [3.63, 3.8) is 0 Å². The number of rotatable bonds is 3. The van der Waals surface area contributed by atoms with Crippen molar-refractivity contribution in [2.75, 3.05) is 13.4 Å². The van der Waals surface area contributed by atoms with Crippen LogP contribution in [0, 0.1) is 11.8 Å². The molecule has 2 aliphatic carbocycles. The molecule has 5 heteroatoms. The second kappa shape index (κ2) is 5.03. The second-order valence-electron chi connectivity index (χ2n) is 5.12. The molecule has 100 valence electrons. The van der Waals surface area contributed by atoms with Crippen LogP contribution < -0.4 is 0 Å². The van der Waals surface area contributed by atoms with Gasteiger partial charge in [-0.3, -0.25) is 14.4 Å². The van der Waals surface area contributed by atoms with Gasteiger partial charge in [0.05, 0.1) is 13.5 Å². The molecule has 2 fully saturated rings. The third kappa shape index (κ3) is 2.09. The van der Waals surface area contributed by atoms with Gasteiger partial charge in [-0.25, -0.2) is 0 Å². The highest BCUT2D eigenvalue weighted by Crippen LogP contribution is 2.53. The molecule has 18 heavy (non-hydrogen) atoms. The van der Waals surface area contributed by atoms with Crippen molar-refractivity contribution < 1.29 is 19.1 Å². The van der Waals surface area contributed by atoms with E-state index in [-0.39, 0.29) is 28.7 Å². The molecule has 2 atom stereocenters. The van der Waals surface area contributed by atoms with Gasteiger partial charge < -0.3 is 4.74 Å². The van der Waals surface area contributed by atoms with Gasteiger partial charge in [0.25, 0.3) is 0 Å². The smallest absolute Gasteiger partial charge is 0.316 e. The lowest BCUT2D eigenvalue weighted by atomic mass is 9.64. The van der Waals surface area contributed by atoms with Crippen LogP contribution in [0.3, 0.4) is 0 Å². The van der Waals surface area contributed by atoms with E-state index in [2.05, 4.69) is 0 Å². The van der Waals surface area contributed by atoms with Crippen LogP contribution in [-0.2, 0) is 19.1 Å². The molecule has 4 nitrogen and oxygen atoms in total. The molecule has 0 spiro atoms. The van der Waals surface area contributed by atoms with Crippen molar-refractivity contribution >= 4 is 29.3 Å². The maximum absolute atomic E-state index is 12.0. The highest BCUT2D eigenvalue weighted by Gasteiger charge is 2.54. The minimum atomic E-state index is -0.736. The zero-order chi connectivity index (χ0) is 13.3. The highest BCUT2D eigenvalue weighted by molar-refractivity contribution is 8.00. The van der Waals surface area contributed by atoms with Crippen LogP contribution in [0.25, 0.3) is 0 Å². The van der Waals surface area contributed by atoms with Gasteiger partial charge in [-0.2, -0.15) is 11.8 Å². The molecule has 0 aliphatic heterocycles. The van der Waals surface area contributed by atoms with E-state index in [0.717, 1.165) is 19.3 Å². The number of hydrogen-bond acceptors (Lipinski definition) is 5. The minimum absolute atomic E-state index is 0.0366. The molecule has 0 radical (unpaired) electrons. The number of thioether (sulfide) groups is 1. The average molecular weight is 270 g/mol. The second-order valence-corrected chi connectivity index (χ2v) is 6.34. The standard InChI is InChI=1S/C13H18O4S/c1-17-12(16)11-9(6-8(14)7-10(11)15)13(18-2)4-3-5-13/h9,11H,3-7H2,1-2H3. The molecule has 0 aromatic heterocycles. The molecule has 0 heterocycles. The lowest BCUT2D eigenvalue weighted by Crippen LogP contribution is -2.52. The number of esters is 1. The minimum Gasteiger partial charge on any atom is -0.468 e. The van der Waals surface area contributed by atoms with Gasteiger partial charge >= 0.3 is 5.97 Å². The summed E-state index contributed by atoms with van der Waals surface area (Å²) in [7, 11) is 1.30. The van der Waals surface area contributed by atoms with Crippen molar-refractivity contribution in [1.29, 1.82) is 0 Å². The Morgan fingerprint density at radius 2 is 2.06 bits per heavy atom. The summed E-state index contributed by atoms with van der Waals surface area (Å²) >= 11 is 1.69. The number of Topliss-reactive ketones (excluding diaryl/α,β-unsaturated/α-hetero) is 2. The first-order valence-electron chi connectivity index (χ1n) is 6.21. The number of ketones is 2. The van der Waals surface area contributed by atoms with E-state index in [1.807, 2.05) is 6.26 Å². The zero-order valence-electron chi connectivity index (χ0n) is 10.7. The van der Waals surface area contributed by atoms with Crippen molar-refractivity contribution in [3.05, 3.63) is 0 Å². The van der Waals surface area contributed by atoms with Gasteiger partial charge in [0.2, 0.25) is 0 Å². The first kappa shape index (κ1) is 13.6. The van der Waals surface area contributed by atoms with Gasteiger partial charge in [-0.1, -0.05) is 6.42 Å². The predicted molar refractivity (Wildman–Crippen MR) is 68.3 cm³/mol. The van der Waals surface area contributed by atoms with Crippen LogP contribution in [0.2, 0.25) is 0 Å². The fourth-order valence-electron chi connectivity index (χ4n) is 3.13. The topological polar surface area (TPSA) is 60.4 Å². The van der Waals surface area contributed by atoms with Crippen LogP contribution in [0.4, 0.5) is 0 Å². The SMILES string of the molecule is COC(=O)C1C(=O)CC(=O)CC1C1(SC)CCC1. The van der Waals surface area contributed by atoms with E-state index in [9.17, 15) is 14.4 Å². The fraction of sp³-hybridized carbons (Fsp3) is 0.769. The van der Waals surface area contributed by atoms with Gasteiger partial charge in [-0.15, -0.1) is 0 Å². The molecule has 0 aromatic rings. The molecule has 0 amide bonds. The monoisotopic (exact) mass is 270 g/mol. The number of carbonyl (C=O) groups is 3. The van der Waals surface area contributed by atoms with Crippen LogP contribution in [0.15, 0.2) is 0 Å². The fourth-order valence-corrected chi connectivity index (χ4v) is 4.35. The molecule has 2 saturated carbocycles. The molecular weight excluding hydrogens is 252 g/mol. The summed E-state index contributed by atoms with van der Waals surface area (Å²) in [5.41, 5.74) is 0. The first-order chi connectivity index (χ1) is 8.54. The third-order valence-corrected chi connectivity index (χ3v) is 5.83. The summed E-state index contributed by atoms with van der Waals surface area (Å²) < 4.78 is 4.67. The summed E-state index contributed by atoms with van der Waals surface area (Å²) in [6.45, 7) is 0. The Morgan fingerprint density at radius 3 is 2.50 bits per heavy atom. The zero-order valence-corrected chi connectivity index (χ0v) is 11.5. The average Bonchev–Trinajstić information content (AvgIpc) is 2.27. The van der Waals surface area contributed by atoms with E-state index in [4.69, 9.17) is 4.74 Å². The van der Waals surface area contributed by atoms with E-state index in [0.29, 0.717) is 6.42 Å². The molecule has 2 rings (SSSR count). The Hall–Kier alpha value is -0.840. The Balaban J connectivity index is 2.30. The third-order valence-electron chi connectivity index (χ3n) is 4.31. The van der Waals surface area contributed by atoms with Crippen molar-refractivity contribution in [2.45, 2.75) is 36.9 Å². The normalized spacial score (nSPS) is 30.8. The molecule has 2 unspecified atom stereocenters. The number of carbonyl (C=O) groups excluding carboxylic acids is 3. The first-order valence-corrected chi connectivity index (χ1v) is 7.44. The molecule has 0 N–H and O–H groups in total. The van der Waals surface area contributed by atoms with E-state index < -0.39 is 11.9 Å². The van der Waals surface area contributed by atoms with E-state index in [1.165, 1.54) is 7.11 Å². The Morgan fingerprint density at radius 1 is 1.39 bits per heavy atom. The Kier molecular flexibility index (Phi) is 3.80. The Labute approximate surface area is 111 Å². The van der Waals surface area contributed by atoms with Crippen molar-refractivity contribution in [2.24, 2.45) is 11.8 Å². The maximum Gasteiger partial charge on any atom is 0.316 e. The van der Waals surface area contributed by atoms with Crippen LogP contribution in [0.5, 0.6) is 0 Å². The maximum atomic E-state index is 12.0. The number of methoxy groups -OCH3 is 1. The summed E-state index contributed by atoms with van der Waals surface area (Å²) in [5, 5.41) is 0. The predicted octanol–water partition coefficient (Wildman–Crippen LogP) is 1.61. The molecule has 2 aliphatic rings. The molecule has 0 bridgehead atoms. The largest absolute Gasteiger partial charge is 0.468 e. The number of ether oxygens (including phenoxy) is 1. The van der Waals surface area contributed by atoms with Crippen LogP contribution >= 0.6 is 11.8 Å². The molecule has 0 saturated heterocycles. The Bertz CT molecular complexity index is 381. The van der Waals surface area contributed by atoms with E-state index in [1.54, 1.807) is 11.8 Å². The highest BCUT2D eigenvalue weighted by atomic mass is 32.2. The lowest BCUT2D eigenvalue weighted by molar-refractivity contribution is -0.155. The van der Waals surface area contributed by atoms with E-state index >= 15 is 0 Å². The van der Waals surface area contributed by atoms with Gasteiger partial charge in [0, 0.05) is 17.1 Å². The summed E-state index contributed by atoms with van der Waals surface area (Å²) in [5.74, 6) is -1.69. The molecular formula is C13H18O4S. The van der Waals surface area contributed by atoms with Crippen molar-refractivity contribution in [3.8, 4) is 0 Å². The summed E-state index contributed by atoms with van der Waals surface area (Å²) in [6.07, 6.45) is 5.29. The summed E-state index contributed by atoms with van der Waals surface area (Å²) in [4.78, 5) is 35.5. The van der Waals surface area contributed by atoms with Crippen LogP contribution in [0.1, 0.15) is 32.1 Å². The summed E-state index contributed by atoms with van der Waals surface area (Å²) in [6, 6.07) is 0. The van der Waals surface area contributed by atoms with Crippen molar-refractivity contribution in [1.82, 2.24) is 0 Å². The lowest BCUT2D eigenvalue weighted by Gasteiger charge is -2.49. The van der Waals surface area contributed by atoms with Gasteiger partial charge in [0.1, 0.15) is 11.7 Å². The van der Waals surface area contributed by atoms with Gasteiger partial charge in [-0.05, 0) is 19.1 Å². The quantitative estimate of drug-likeness (QED) is 0.576. The number of hydrogen-bond donors (Lipinski definition) is 0. The molecule has 0 aromatic carbocycles. The van der Waals surface area contributed by atoms with Crippen LogP contribution in [-0.4, -0.2) is 35.6 Å².